The average molecular weight is 280 g/mol. The van der Waals surface area contributed by atoms with Gasteiger partial charge in [-0.1, -0.05) is 30.3 Å². The van der Waals surface area contributed by atoms with E-state index < -0.39 is 30.4 Å². The van der Waals surface area contributed by atoms with Crippen LogP contribution in [0.15, 0.2) is 30.3 Å². The highest BCUT2D eigenvalue weighted by atomic mass is 16.6. The monoisotopic (exact) mass is 280 g/mol. The summed E-state index contributed by atoms with van der Waals surface area (Å²) in [7, 11) is 1.21. The van der Waals surface area contributed by atoms with Crippen LogP contribution in [0.2, 0.25) is 0 Å². The lowest BCUT2D eigenvalue weighted by molar-refractivity contribution is -0.141. The van der Waals surface area contributed by atoms with Gasteiger partial charge in [-0.05, 0) is 5.56 Å². The summed E-state index contributed by atoms with van der Waals surface area (Å²) >= 11 is 0. The Kier molecular flexibility index (Phi) is 5.67. The number of hydrogen-bond acceptors (Lipinski definition) is 5. The molecule has 1 rings (SSSR count). The molecule has 108 valence electrons. The second-order valence-electron chi connectivity index (χ2n) is 4.14. The summed E-state index contributed by atoms with van der Waals surface area (Å²) in [6, 6.07) is 7.62. The highest BCUT2D eigenvalue weighted by Crippen LogP contribution is 2.04. The van der Waals surface area contributed by atoms with Gasteiger partial charge in [-0.15, -0.1) is 0 Å². The highest BCUT2D eigenvalue weighted by molar-refractivity contribution is 5.93. The van der Waals surface area contributed by atoms with Crippen molar-refractivity contribution < 1.29 is 24.2 Å². The Labute approximate surface area is 115 Å². The molecule has 3 N–H and O–H groups in total. The molecule has 2 amide bonds. The van der Waals surface area contributed by atoms with E-state index in [-0.39, 0.29) is 6.61 Å². The fraction of sp³-hybridized carbons (Fsp3) is 0.308. The molecule has 0 saturated heterocycles. The average Bonchev–Trinajstić information content (AvgIpc) is 2.44. The van der Waals surface area contributed by atoms with E-state index in [0.29, 0.717) is 4.90 Å². The zero-order chi connectivity index (χ0) is 15.1. The van der Waals surface area contributed by atoms with Gasteiger partial charge in [-0.25, -0.2) is 4.79 Å². The summed E-state index contributed by atoms with van der Waals surface area (Å²) < 4.78 is 4.93. The molecular formula is C13H16N2O5. The summed E-state index contributed by atoms with van der Waals surface area (Å²) in [6.45, 7) is 0.0300. The minimum absolute atomic E-state index is 0.0300. The van der Waals surface area contributed by atoms with Gasteiger partial charge in [0.05, 0.1) is 6.42 Å². The predicted molar refractivity (Wildman–Crippen MR) is 69.6 cm³/mol. The molecule has 1 atom stereocenters. The number of nitrogens with two attached hydrogens (primary N) is 1. The number of aliphatic carboxylic acids is 1. The molecule has 0 aromatic heterocycles. The molecule has 7 nitrogen and oxygen atoms in total. The van der Waals surface area contributed by atoms with Gasteiger partial charge in [0, 0.05) is 7.05 Å². The van der Waals surface area contributed by atoms with Crippen molar-refractivity contribution in [1.29, 1.82) is 0 Å². The third-order valence-corrected chi connectivity index (χ3v) is 2.56. The number of benzene rings is 1. The molecule has 0 radical (unpaired) electrons. The molecule has 20 heavy (non-hydrogen) atoms. The molecule has 0 aliphatic heterocycles. The van der Waals surface area contributed by atoms with E-state index in [1.54, 1.807) is 24.3 Å². The van der Waals surface area contributed by atoms with E-state index >= 15 is 0 Å². The summed E-state index contributed by atoms with van der Waals surface area (Å²) in [5.41, 5.74) is 6.00. The quantitative estimate of drug-likeness (QED) is 0.816. The fourth-order valence-corrected chi connectivity index (χ4v) is 1.33. The summed E-state index contributed by atoms with van der Waals surface area (Å²) in [6.07, 6.45) is -1.32. The lowest BCUT2D eigenvalue weighted by atomic mass is 10.2. The third-order valence-electron chi connectivity index (χ3n) is 2.56. The molecule has 0 aliphatic rings. The van der Waals surface area contributed by atoms with Crippen molar-refractivity contribution in [2.24, 2.45) is 5.73 Å². The number of nitrogens with zero attached hydrogens (tertiary/aromatic N) is 1. The number of ether oxygens (including phenoxy) is 1. The Bertz CT molecular complexity index is 489. The van der Waals surface area contributed by atoms with Crippen molar-refractivity contribution in [3.05, 3.63) is 35.9 Å². The van der Waals surface area contributed by atoms with Crippen molar-refractivity contribution >= 4 is 18.0 Å². The highest BCUT2D eigenvalue weighted by Gasteiger charge is 2.23. The number of rotatable bonds is 5. The first kappa shape index (κ1) is 15.6. The maximum atomic E-state index is 11.6. The van der Waals surface area contributed by atoms with Crippen LogP contribution in [-0.4, -0.2) is 41.1 Å². The predicted octanol–water partition coefficient (Wildman–Crippen LogP) is 0.584. The largest absolute Gasteiger partial charge is 0.480 e. The number of carboxylic acid groups (broad SMARTS) is 1. The number of carboxylic acids is 1. The fourth-order valence-electron chi connectivity index (χ4n) is 1.33. The Hall–Kier alpha value is -2.41. The maximum absolute atomic E-state index is 11.6. The topological polar surface area (TPSA) is 110 Å². The van der Waals surface area contributed by atoms with E-state index in [9.17, 15) is 14.4 Å². The molecule has 7 heteroatoms. The van der Waals surface area contributed by atoms with E-state index in [0.717, 1.165) is 5.56 Å². The van der Waals surface area contributed by atoms with Crippen LogP contribution in [0.1, 0.15) is 12.0 Å². The molecule has 0 aliphatic carbocycles. The number of hydrogen-bond donors (Lipinski definition) is 2. The number of carbonyl (C=O) groups excluding carboxylic acids is 2. The van der Waals surface area contributed by atoms with Gasteiger partial charge in [0.1, 0.15) is 12.6 Å². The Morgan fingerprint density at radius 1 is 1.30 bits per heavy atom. The Morgan fingerprint density at radius 2 is 1.90 bits per heavy atom. The van der Waals surface area contributed by atoms with Gasteiger partial charge in [0.25, 0.3) is 0 Å². The van der Waals surface area contributed by atoms with E-state index in [1.165, 1.54) is 7.05 Å². The van der Waals surface area contributed by atoms with Crippen LogP contribution in [0, 0.1) is 0 Å². The second kappa shape index (κ2) is 7.25. The second-order valence-corrected chi connectivity index (χ2v) is 4.14. The molecular weight excluding hydrogens is 264 g/mol. The van der Waals surface area contributed by atoms with E-state index in [4.69, 9.17) is 15.6 Å². The number of carbonyl (C=O) groups is 3. The van der Waals surface area contributed by atoms with Gasteiger partial charge < -0.3 is 15.6 Å². The van der Waals surface area contributed by atoms with Crippen LogP contribution in [-0.2, 0) is 20.9 Å². The lowest BCUT2D eigenvalue weighted by Gasteiger charge is -2.16. The zero-order valence-electron chi connectivity index (χ0n) is 11.0. The minimum atomic E-state index is -1.34. The molecule has 0 saturated carbocycles. The first-order valence-corrected chi connectivity index (χ1v) is 5.87. The standard InChI is InChI=1S/C13H16N2O5/c1-15(11(16)7-10(14)12(17)18)13(19)20-8-9-5-3-2-4-6-9/h2-6,10H,7-8,14H2,1H3,(H,17,18)/t10-/m0/s1. The van der Waals surface area contributed by atoms with E-state index in [1.807, 2.05) is 6.07 Å². The van der Waals surface area contributed by atoms with Crippen LogP contribution in [0.25, 0.3) is 0 Å². The third kappa shape index (κ3) is 4.69. The van der Waals surface area contributed by atoms with Gasteiger partial charge in [-0.2, -0.15) is 0 Å². The lowest BCUT2D eigenvalue weighted by Crippen LogP contribution is -2.40. The van der Waals surface area contributed by atoms with Crippen LogP contribution < -0.4 is 5.73 Å². The molecule has 0 heterocycles. The smallest absolute Gasteiger partial charge is 0.416 e. The van der Waals surface area contributed by atoms with Crippen molar-refractivity contribution in [3.63, 3.8) is 0 Å². The normalized spacial score (nSPS) is 11.5. The van der Waals surface area contributed by atoms with Crippen molar-refractivity contribution in [2.75, 3.05) is 7.05 Å². The van der Waals surface area contributed by atoms with Gasteiger partial charge in [0.15, 0.2) is 0 Å². The van der Waals surface area contributed by atoms with Crippen LogP contribution >= 0.6 is 0 Å². The zero-order valence-corrected chi connectivity index (χ0v) is 11.0. The minimum Gasteiger partial charge on any atom is -0.480 e. The Balaban J connectivity index is 2.46. The molecule has 1 aromatic rings. The number of imide groups is 1. The van der Waals surface area contributed by atoms with Crippen LogP contribution in [0.5, 0.6) is 0 Å². The van der Waals surface area contributed by atoms with Crippen molar-refractivity contribution in [2.45, 2.75) is 19.1 Å². The number of amides is 2. The molecule has 0 fully saturated rings. The summed E-state index contributed by atoms with van der Waals surface area (Å²) in [5.74, 6) is -2.01. The van der Waals surface area contributed by atoms with Crippen LogP contribution in [0.4, 0.5) is 4.79 Å². The molecule has 1 aromatic carbocycles. The van der Waals surface area contributed by atoms with E-state index in [2.05, 4.69) is 0 Å². The Morgan fingerprint density at radius 3 is 2.45 bits per heavy atom. The first-order valence-electron chi connectivity index (χ1n) is 5.87. The molecule has 0 unspecified atom stereocenters. The molecule has 0 bridgehead atoms. The summed E-state index contributed by atoms with van der Waals surface area (Å²) in [4.78, 5) is 34.4. The summed E-state index contributed by atoms with van der Waals surface area (Å²) in [5, 5.41) is 8.59. The van der Waals surface area contributed by atoms with Crippen molar-refractivity contribution in [1.82, 2.24) is 4.90 Å². The maximum Gasteiger partial charge on any atom is 0.416 e. The van der Waals surface area contributed by atoms with Crippen LogP contribution in [0.3, 0.4) is 0 Å². The molecule has 0 spiro atoms. The SMILES string of the molecule is CN(C(=O)C[C@H](N)C(=O)O)C(=O)OCc1ccccc1. The first-order chi connectivity index (χ1) is 9.41. The van der Waals surface area contributed by atoms with Gasteiger partial charge >= 0.3 is 12.1 Å². The van der Waals surface area contributed by atoms with Crippen molar-refractivity contribution in [3.8, 4) is 0 Å². The van der Waals surface area contributed by atoms with Gasteiger partial charge in [0.2, 0.25) is 5.91 Å². The van der Waals surface area contributed by atoms with Gasteiger partial charge in [-0.3, -0.25) is 14.5 Å².